The normalized spacial score (nSPS) is 10.4. The van der Waals surface area contributed by atoms with Gasteiger partial charge in [-0.2, -0.15) is 0 Å². The number of anilines is 1. The van der Waals surface area contributed by atoms with Crippen LogP contribution in [0.5, 0.6) is 0 Å². The zero-order valence-corrected chi connectivity index (χ0v) is 11.0. The molecule has 84 valence electrons. The molecule has 0 radical (unpaired) electrons. The van der Waals surface area contributed by atoms with Crippen molar-refractivity contribution in [1.29, 1.82) is 0 Å². The summed E-state index contributed by atoms with van der Waals surface area (Å²) in [7, 11) is 0. The van der Waals surface area contributed by atoms with Crippen molar-refractivity contribution in [3.8, 4) is 0 Å². The molecule has 3 heteroatoms. The first kappa shape index (κ1) is 11.5. The fraction of sp³-hybridized carbons (Fsp3) is 0.231. The molecule has 1 aromatic carbocycles. The van der Waals surface area contributed by atoms with Crippen molar-refractivity contribution >= 4 is 28.6 Å². The molecule has 0 bridgehead atoms. The van der Waals surface area contributed by atoms with E-state index in [9.17, 15) is 0 Å². The zero-order valence-electron chi connectivity index (χ0n) is 9.38. The summed E-state index contributed by atoms with van der Waals surface area (Å²) in [5.74, 6) is 0. The smallest absolute Gasteiger partial charge is 0.0496 e. The number of thiophene rings is 1. The van der Waals surface area contributed by atoms with Crippen molar-refractivity contribution in [2.75, 3.05) is 5.32 Å². The molecule has 0 amide bonds. The Bertz CT molecular complexity index is 490. The lowest BCUT2D eigenvalue weighted by molar-refractivity contribution is 1.17. The number of nitrogens with one attached hydrogen (secondary N) is 1. The second kappa shape index (κ2) is 4.89. The third-order valence-corrected chi connectivity index (χ3v) is 4.02. The Morgan fingerprint density at radius 2 is 2.00 bits per heavy atom. The van der Waals surface area contributed by atoms with Gasteiger partial charge in [0.05, 0.1) is 0 Å². The molecule has 1 heterocycles. The molecule has 0 aliphatic heterocycles. The van der Waals surface area contributed by atoms with Crippen LogP contribution in [0, 0.1) is 13.8 Å². The summed E-state index contributed by atoms with van der Waals surface area (Å²) >= 11 is 7.85. The van der Waals surface area contributed by atoms with E-state index in [0.29, 0.717) is 0 Å². The van der Waals surface area contributed by atoms with Gasteiger partial charge in [-0.3, -0.25) is 0 Å². The number of hydrogen-bond donors (Lipinski definition) is 1. The van der Waals surface area contributed by atoms with E-state index in [-0.39, 0.29) is 0 Å². The lowest BCUT2D eigenvalue weighted by atomic mass is 10.2. The van der Waals surface area contributed by atoms with Crippen molar-refractivity contribution in [3.05, 3.63) is 50.7 Å². The van der Waals surface area contributed by atoms with E-state index in [0.717, 1.165) is 22.8 Å². The van der Waals surface area contributed by atoms with Gasteiger partial charge < -0.3 is 5.32 Å². The lowest BCUT2D eigenvalue weighted by Crippen LogP contribution is -1.98. The van der Waals surface area contributed by atoms with Crippen LogP contribution in [-0.4, -0.2) is 0 Å². The summed E-state index contributed by atoms with van der Waals surface area (Å²) in [4.78, 5) is 1.37. The Morgan fingerprint density at radius 3 is 2.62 bits per heavy atom. The van der Waals surface area contributed by atoms with E-state index in [1.807, 2.05) is 19.1 Å². The number of hydrogen-bond acceptors (Lipinski definition) is 2. The van der Waals surface area contributed by atoms with Gasteiger partial charge in [-0.05, 0) is 48.6 Å². The minimum atomic E-state index is 0.813. The fourth-order valence-corrected chi connectivity index (χ4v) is 2.50. The molecule has 0 aliphatic carbocycles. The van der Waals surface area contributed by atoms with Crippen LogP contribution in [0.25, 0.3) is 0 Å². The van der Waals surface area contributed by atoms with E-state index in [2.05, 4.69) is 29.8 Å². The monoisotopic (exact) mass is 251 g/mol. The molecule has 1 aromatic heterocycles. The molecule has 0 unspecified atom stereocenters. The minimum Gasteiger partial charge on any atom is -0.380 e. The van der Waals surface area contributed by atoms with Gasteiger partial charge in [0.25, 0.3) is 0 Å². The van der Waals surface area contributed by atoms with Gasteiger partial charge >= 0.3 is 0 Å². The first-order chi connectivity index (χ1) is 7.66. The molecule has 0 atom stereocenters. The van der Waals surface area contributed by atoms with Crippen molar-refractivity contribution < 1.29 is 0 Å². The van der Waals surface area contributed by atoms with E-state index >= 15 is 0 Å². The summed E-state index contributed by atoms with van der Waals surface area (Å²) in [6.45, 7) is 5.01. The Hall–Kier alpha value is -0.990. The number of benzene rings is 1. The first-order valence-corrected chi connectivity index (χ1v) is 6.45. The summed E-state index contributed by atoms with van der Waals surface area (Å²) in [6.07, 6.45) is 0. The maximum atomic E-state index is 6.07. The summed E-state index contributed by atoms with van der Waals surface area (Å²) in [6, 6.07) is 8.21. The van der Waals surface area contributed by atoms with Crippen molar-refractivity contribution in [2.24, 2.45) is 0 Å². The second-order valence-electron chi connectivity index (χ2n) is 3.84. The van der Waals surface area contributed by atoms with Gasteiger partial charge in [0.1, 0.15) is 0 Å². The van der Waals surface area contributed by atoms with Gasteiger partial charge in [-0.25, -0.2) is 0 Å². The van der Waals surface area contributed by atoms with Gasteiger partial charge in [-0.15, -0.1) is 11.3 Å². The third-order valence-electron chi connectivity index (χ3n) is 2.59. The maximum Gasteiger partial charge on any atom is 0.0496 e. The Morgan fingerprint density at radius 1 is 1.19 bits per heavy atom. The summed E-state index contributed by atoms with van der Waals surface area (Å²) in [5, 5.41) is 6.31. The van der Waals surface area contributed by atoms with Crippen LogP contribution in [0.15, 0.2) is 29.6 Å². The Labute approximate surface area is 105 Å². The van der Waals surface area contributed by atoms with Crippen molar-refractivity contribution in [1.82, 2.24) is 0 Å². The zero-order chi connectivity index (χ0) is 11.5. The molecule has 2 rings (SSSR count). The predicted molar refractivity (Wildman–Crippen MR) is 72.6 cm³/mol. The maximum absolute atomic E-state index is 6.07. The van der Waals surface area contributed by atoms with Crippen LogP contribution in [-0.2, 0) is 6.54 Å². The number of rotatable bonds is 3. The highest BCUT2D eigenvalue weighted by Gasteiger charge is 2.01. The highest BCUT2D eigenvalue weighted by molar-refractivity contribution is 7.10. The Balaban J connectivity index is 2.05. The molecule has 0 spiro atoms. The lowest BCUT2D eigenvalue weighted by Gasteiger charge is -2.07. The van der Waals surface area contributed by atoms with Crippen LogP contribution in [0.1, 0.15) is 16.0 Å². The number of aryl methyl sites for hydroxylation is 2. The van der Waals surface area contributed by atoms with Crippen LogP contribution in [0.3, 0.4) is 0 Å². The quantitative estimate of drug-likeness (QED) is 0.839. The van der Waals surface area contributed by atoms with Crippen molar-refractivity contribution in [3.63, 3.8) is 0 Å². The number of halogens is 1. The third kappa shape index (κ3) is 2.57. The van der Waals surface area contributed by atoms with Crippen LogP contribution in [0.2, 0.25) is 5.02 Å². The largest absolute Gasteiger partial charge is 0.380 e. The standard InChI is InChI=1S/C13H14ClNS/c1-9-3-4-11(7-12(9)14)15-8-13-10(2)5-6-16-13/h3-7,15H,8H2,1-2H3. The molecule has 2 aromatic rings. The molecule has 0 saturated heterocycles. The van der Waals surface area contributed by atoms with Crippen LogP contribution in [0.4, 0.5) is 5.69 Å². The average molecular weight is 252 g/mol. The second-order valence-corrected chi connectivity index (χ2v) is 5.25. The van der Waals surface area contributed by atoms with Gasteiger partial charge in [0, 0.05) is 22.1 Å². The Kier molecular flexibility index (Phi) is 3.52. The molecule has 0 saturated carbocycles. The van der Waals surface area contributed by atoms with E-state index in [1.54, 1.807) is 11.3 Å². The van der Waals surface area contributed by atoms with Crippen LogP contribution >= 0.6 is 22.9 Å². The summed E-state index contributed by atoms with van der Waals surface area (Å²) < 4.78 is 0. The topological polar surface area (TPSA) is 12.0 Å². The summed E-state index contributed by atoms with van der Waals surface area (Å²) in [5.41, 5.74) is 3.53. The SMILES string of the molecule is Cc1ccc(NCc2sccc2C)cc1Cl. The van der Waals surface area contributed by atoms with Gasteiger partial charge in [0.2, 0.25) is 0 Å². The van der Waals surface area contributed by atoms with E-state index in [1.165, 1.54) is 10.4 Å². The predicted octanol–water partition coefficient (Wildman–Crippen LogP) is 4.63. The van der Waals surface area contributed by atoms with Crippen molar-refractivity contribution in [2.45, 2.75) is 20.4 Å². The molecule has 0 aliphatic rings. The molecular formula is C13H14ClNS. The minimum absolute atomic E-state index is 0.813. The molecule has 16 heavy (non-hydrogen) atoms. The molecule has 1 N–H and O–H groups in total. The first-order valence-electron chi connectivity index (χ1n) is 5.20. The molecular weight excluding hydrogens is 238 g/mol. The van der Waals surface area contributed by atoms with Gasteiger partial charge in [0.15, 0.2) is 0 Å². The van der Waals surface area contributed by atoms with E-state index < -0.39 is 0 Å². The highest BCUT2D eigenvalue weighted by Crippen LogP contribution is 2.22. The molecule has 1 nitrogen and oxygen atoms in total. The molecule has 0 fully saturated rings. The highest BCUT2D eigenvalue weighted by atomic mass is 35.5. The average Bonchev–Trinajstić information content (AvgIpc) is 2.66. The van der Waals surface area contributed by atoms with E-state index in [4.69, 9.17) is 11.6 Å². The van der Waals surface area contributed by atoms with Crippen LogP contribution < -0.4 is 5.32 Å². The van der Waals surface area contributed by atoms with Gasteiger partial charge in [-0.1, -0.05) is 17.7 Å². The fourth-order valence-electron chi connectivity index (χ4n) is 1.47.